The SMILES string of the molecule is O=C(Cn1cnc2c(oc3ccccc32)c1=O)N1CC=C(c2ccc(O)cc2)CC1. The average molecular weight is 401 g/mol. The number of benzene rings is 2. The summed E-state index contributed by atoms with van der Waals surface area (Å²) >= 11 is 0. The van der Waals surface area contributed by atoms with E-state index in [1.54, 1.807) is 23.1 Å². The maximum Gasteiger partial charge on any atom is 0.297 e. The highest BCUT2D eigenvalue weighted by atomic mass is 16.3. The predicted molar refractivity (Wildman–Crippen MR) is 113 cm³/mol. The fraction of sp³-hybridized carbons (Fsp3) is 0.174. The monoisotopic (exact) mass is 401 g/mol. The lowest BCUT2D eigenvalue weighted by atomic mass is 9.99. The molecule has 1 N–H and O–H groups in total. The zero-order chi connectivity index (χ0) is 20.7. The average Bonchev–Trinajstić information content (AvgIpc) is 3.16. The molecule has 1 aliphatic heterocycles. The van der Waals surface area contributed by atoms with Gasteiger partial charge in [-0.05, 0) is 41.8 Å². The third-order valence-corrected chi connectivity index (χ3v) is 5.46. The molecule has 4 aromatic rings. The van der Waals surface area contributed by atoms with Crippen molar-refractivity contribution in [1.82, 2.24) is 14.5 Å². The van der Waals surface area contributed by atoms with Crippen LogP contribution in [0.15, 0.2) is 70.1 Å². The van der Waals surface area contributed by atoms with E-state index in [1.807, 2.05) is 36.4 Å². The number of amides is 1. The largest absolute Gasteiger partial charge is 0.508 e. The molecule has 1 aliphatic rings. The number of nitrogens with zero attached hydrogens (tertiary/aromatic N) is 3. The molecule has 0 aliphatic carbocycles. The van der Waals surface area contributed by atoms with Gasteiger partial charge >= 0.3 is 0 Å². The molecular weight excluding hydrogens is 382 g/mol. The number of aromatic nitrogens is 2. The minimum Gasteiger partial charge on any atom is -0.508 e. The summed E-state index contributed by atoms with van der Waals surface area (Å²) in [5, 5.41) is 10.2. The molecule has 150 valence electrons. The van der Waals surface area contributed by atoms with E-state index in [0.717, 1.165) is 16.5 Å². The van der Waals surface area contributed by atoms with Crippen molar-refractivity contribution >= 4 is 33.5 Å². The Labute approximate surface area is 171 Å². The quantitative estimate of drug-likeness (QED) is 0.570. The van der Waals surface area contributed by atoms with Crippen LogP contribution in [0.4, 0.5) is 0 Å². The maximum atomic E-state index is 12.8. The molecule has 1 amide bonds. The van der Waals surface area contributed by atoms with Gasteiger partial charge in [-0.15, -0.1) is 0 Å². The van der Waals surface area contributed by atoms with E-state index in [2.05, 4.69) is 4.98 Å². The first-order valence-electron chi connectivity index (χ1n) is 9.73. The number of para-hydroxylation sites is 1. The predicted octanol–water partition coefficient (Wildman–Crippen LogP) is 3.16. The van der Waals surface area contributed by atoms with Crippen molar-refractivity contribution in [2.45, 2.75) is 13.0 Å². The lowest BCUT2D eigenvalue weighted by Crippen LogP contribution is -2.38. The van der Waals surface area contributed by atoms with Crippen LogP contribution in [0.1, 0.15) is 12.0 Å². The Balaban J connectivity index is 1.35. The molecule has 0 fully saturated rings. The number of furan rings is 1. The van der Waals surface area contributed by atoms with Crippen molar-refractivity contribution in [3.05, 3.63) is 76.9 Å². The van der Waals surface area contributed by atoms with Crippen LogP contribution in [0.25, 0.3) is 27.6 Å². The second kappa shape index (κ2) is 7.18. The van der Waals surface area contributed by atoms with Crippen LogP contribution in [-0.4, -0.2) is 38.6 Å². The first-order chi connectivity index (χ1) is 14.6. The Hall–Kier alpha value is -3.87. The summed E-state index contributed by atoms with van der Waals surface area (Å²) in [6.07, 6.45) is 4.13. The van der Waals surface area contributed by atoms with Crippen molar-refractivity contribution < 1.29 is 14.3 Å². The molecule has 2 aromatic carbocycles. The molecule has 0 bridgehead atoms. The Morgan fingerprint density at radius 1 is 1.13 bits per heavy atom. The van der Waals surface area contributed by atoms with Crippen LogP contribution in [-0.2, 0) is 11.3 Å². The highest BCUT2D eigenvalue weighted by Gasteiger charge is 2.20. The van der Waals surface area contributed by atoms with Gasteiger partial charge in [0.15, 0.2) is 0 Å². The molecule has 0 saturated heterocycles. The number of fused-ring (bicyclic) bond motifs is 3. The normalized spacial score (nSPS) is 14.3. The van der Waals surface area contributed by atoms with E-state index in [9.17, 15) is 14.7 Å². The van der Waals surface area contributed by atoms with Crippen molar-refractivity contribution in [1.29, 1.82) is 0 Å². The summed E-state index contributed by atoms with van der Waals surface area (Å²) < 4.78 is 6.97. The summed E-state index contributed by atoms with van der Waals surface area (Å²) in [6.45, 7) is 0.964. The molecular formula is C23H19N3O4. The van der Waals surface area contributed by atoms with Gasteiger partial charge in [0.25, 0.3) is 5.56 Å². The number of carbonyl (C=O) groups is 1. The number of phenolic OH excluding ortho intramolecular Hbond substituents is 1. The summed E-state index contributed by atoms with van der Waals surface area (Å²) in [7, 11) is 0. The van der Waals surface area contributed by atoms with Crippen molar-refractivity contribution in [2.24, 2.45) is 0 Å². The van der Waals surface area contributed by atoms with Crippen LogP contribution in [0.2, 0.25) is 0 Å². The van der Waals surface area contributed by atoms with Crippen LogP contribution in [0, 0.1) is 0 Å². The lowest BCUT2D eigenvalue weighted by Gasteiger charge is -2.27. The molecule has 0 radical (unpaired) electrons. The summed E-state index contributed by atoms with van der Waals surface area (Å²) in [5.74, 6) is 0.0859. The number of hydrogen-bond acceptors (Lipinski definition) is 5. The third-order valence-electron chi connectivity index (χ3n) is 5.46. The van der Waals surface area contributed by atoms with Gasteiger partial charge in [0.1, 0.15) is 23.4 Å². The number of carbonyl (C=O) groups excluding carboxylic acids is 1. The highest BCUT2D eigenvalue weighted by molar-refractivity contribution is 6.01. The summed E-state index contributed by atoms with van der Waals surface area (Å²) in [5.41, 5.74) is 3.10. The van der Waals surface area contributed by atoms with Crippen LogP contribution in [0.5, 0.6) is 5.75 Å². The van der Waals surface area contributed by atoms with Gasteiger partial charge in [-0.25, -0.2) is 4.98 Å². The van der Waals surface area contributed by atoms with E-state index in [4.69, 9.17) is 4.42 Å². The van der Waals surface area contributed by atoms with E-state index in [1.165, 1.54) is 10.9 Å². The highest BCUT2D eigenvalue weighted by Crippen LogP contribution is 2.25. The van der Waals surface area contributed by atoms with Crippen LogP contribution < -0.4 is 5.56 Å². The molecule has 0 unspecified atom stereocenters. The molecule has 7 heteroatoms. The van der Waals surface area contributed by atoms with E-state index in [-0.39, 0.29) is 29.3 Å². The van der Waals surface area contributed by atoms with Gasteiger partial charge in [0.05, 0.1) is 6.33 Å². The first kappa shape index (κ1) is 18.2. The molecule has 3 heterocycles. The molecule has 2 aromatic heterocycles. The number of rotatable bonds is 3. The van der Waals surface area contributed by atoms with Gasteiger partial charge in [-0.3, -0.25) is 14.2 Å². The topological polar surface area (TPSA) is 88.6 Å². The second-order valence-corrected chi connectivity index (χ2v) is 7.32. The van der Waals surface area contributed by atoms with Crippen molar-refractivity contribution in [2.75, 3.05) is 13.1 Å². The van der Waals surface area contributed by atoms with Gasteiger partial charge in [0.2, 0.25) is 11.5 Å². The van der Waals surface area contributed by atoms with Gasteiger partial charge in [0, 0.05) is 18.5 Å². The smallest absolute Gasteiger partial charge is 0.297 e. The fourth-order valence-electron chi connectivity index (χ4n) is 3.81. The molecule has 0 atom stereocenters. The molecule has 5 rings (SSSR count). The Morgan fingerprint density at radius 2 is 1.93 bits per heavy atom. The minimum atomic E-state index is -0.359. The first-order valence-corrected chi connectivity index (χ1v) is 9.73. The second-order valence-electron chi connectivity index (χ2n) is 7.32. The summed E-state index contributed by atoms with van der Waals surface area (Å²) in [4.78, 5) is 31.6. The zero-order valence-electron chi connectivity index (χ0n) is 16.1. The fourth-order valence-corrected chi connectivity index (χ4v) is 3.81. The van der Waals surface area contributed by atoms with Gasteiger partial charge < -0.3 is 14.4 Å². The zero-order valence-corrected chi connectivity index (χ0v) is 16.1. The number of phenols is 1. The van der Waals surface area contributed by atoms with Crippen molar-refractivity contribution in [3.8, 4) is 5.75 Å². The lowest BCUT2D eigenvalue weighted by molar-refractivity contribution is -0.131. The Kier molecular flexibility index (Phi) is 4.35. The molecule has 30 heavy (non-hydrogen) atoms. The van der Waals surface area contributed by atoms with Crippen molar-refractivity contribution in [3.63, 3.8) is 0 Å². The maximum absolute atomic E-state index is 12.8. The van der Waals surface area contributed by atoms with Gasteiger partial charge in [-0.1, -0.05) is 30.3 Å². The van der Waals surface area contributed by atoms with E-state index >= 15 is 0 Å². The Bertz CT molecular complexity index is 1350. The standard InChI is InChI=1S/C23H19N3O4/c27-17-7-5-15(6-8-17)16-9-11-25(12-10-16)20(28)13-26-14-24-21-18-3-1-2-4-19(18)30-22(21)23(26)29/h1-9,14,27H,10-13H2. The van der Waals surface area contributed by atoms with Gasteiger partial charge in [-0.2, -0.15) is 0 Å². The minimum absolute atomic E-state index is 0.0821. The van der Waals surface area contributed by atoms with Crippen LogP contribution >= 0.6 is 0 Å². The number of hydrogen-bond donors (Lipinski definition) is 1. The molecule has 7 nitrogen and oxygen atoms in total. The van der Waals surface area contributed by atoms with E-state index < -0.39 is 0 Å². The number of aromatic hydroxyl groups is 1. The van der Waals surface area contributed by atoms with E-state index in [0.29, 0.717) is 30.6 Å². The third kappa shape index (κ3) is 3.14. The Morgan fingerprint density at radius 3 is 2.70 bits per heavy atom. The summed E-state index contributed by atoms with van der Waals surface area (Å²) in [6, 6.07) is 14.4. The molecule has 0 spiro atoms. The van der Waals surface area contributed by atoms with Crippen LogP contribution in [0.3, 0.4) is 0 Å². The molecule has 0 saturated carbocycles.